The third-order valence-electron chi connectivity index (χ3n) is 7.56. The Morgan fingerprint density at radius 1 is 1.21 bits per heavy atom. The Morgan fingerprint density at radius 2 is 1.86 bits per heavy atom. The van der Waals surface area contributed by atoms with Crippen LogP contribution in [0.25, 0.3) is 0 Å². The van der Waals surface area contributed by atoms with E-state index in [1.165, 1.54) is 19.4 Å². The third-order valence-corrected chi connectivity index (χ3v) is 7.56. The van der Waals surface area contributed by atoms with E-state index in [0.717, 1.165) is 38.5 Å². The zero-order valence-electron chi connectivity index (χ0n) is 18.6. The molecule has 0 bridgehead atoms. The van der Waals surface area contributed by atoms with Crippen LogP contribution in [-0.4, -0.2) is 23.6 Å². The Morgan fingerprint density at radius 3 is 2.39 bits per heavy atom. The van der Waals surface area contributed by atoms with Crippen LogP contribution in [-0.2, 0) is 19.1 Å². The topological polar surface area (TPSA) is 52.6 Å². The van der Waals surface area contributed by atoms with Crippen LogP contribution < -0.4 is 0 Å². The minimum atomic E-state index is -0.653. The van der Waals surface area contributed by atoms with Gasteiger partial charge in [0.15, 0.2) is 0 Å². The summed E-state index contributed by atoms with van der Waals surface area (Å²) >= 11 is 0. The Kier molecular flexibility index (Phi) is 6.52. The van der Waals surface area contributed by atoms with Gasteiger partial charge in [0.25, 0.3) is 0 Å². The first kappa shape index (κ1) is 22.7. The van der Waals surface area contributed by atoms with Crippen LogP contribution in [0.15, 0.2) is 24.8 Å². The van der Waals surface area contributed by atoms with E-state index in [2.05, 4.69) is 33.9 Å². The minimum absolute atomic E-state index is 0.0328. The molecular formula is C24H38O4. The van der Waals surface area contributed by atoms with Gasteiger partial charge in [-0.1, -0.05) is 39.5 Å². The summed E-state index contributed by atoms with van der Waals surface area (Å²) in [5.41, 5.74) is 0.679. The average molecular weight is 391 g/mol. The Balaban J connectivity index is 2.24. The quantitative estimate of drug-likeness (QED) is 0.437. The van der Waals surface area contributed by atoms with E-state index >= 15 is 0 Å². The molecule has 2 aliphatic rings. The van der Waals surface area contributed by atoms with Crippen molar-refractivity contribution in [1.82, 2.24) is 0 Å². The van der Waals surface area contributed by atoms with Crippen molar-refractivity contribution >= 4 is 11.9 Å². The summed E-state index contributed by atoms with van der Waals surface area (Å²) in [5.74, 6) is 0.342. The highest BCUT2D eigenvalue weighted by Gasteiger charge is 2.57. The fraction of sp³-hybridized carbons (Fsp3) is 0.750. The number of carbonyl (C=O) groups excluding carboxylic acids is 2. The smallest absolute Gasteiger partial charge is 0.303 e. The number of fused-ring (bicyclic) bond motifs is 1. The number of esters is 2. The molecule has 4 nitrogen and oxygen atoms in total. The molecule has 2 aliphatic carbocycles. The normalized spacial score (nSPS) is 33.9. The van der Waals surface area contributed by atoms with Gasteiger partial charge < -0.3 is 9.47 Å². The van der Waals surface area contributed by atoms with Crippen LogP contribution in [0, 0.1) is 22.7 Å². The second-order valence-electron chi connectivity index (χ2n) is 9.92. The van der Waals surface area contributed by atoms with E-state index in [0.29, 0.717) is 11.8 Å². The lowest BCUT2D eigenvalue weighted by molar-refractivity contribution is -0.175. The summed E-state index contributed by atoms with van der Waals surface area (Å²) < 4.78 is 11.2. The third kappa shape index (κ3) is 4.36. The van der Waals surface area contributed by atoms with Gasteiger partial charge in [0.1, 0.15) is 11.7 Å². The van der Waals surface area contributed by atoms with Gasteiger partial charge in [-0.05, 0) is 68.8 Å². The SMILES string of the molecule is C=C[C@](C)(CC[C@H]1C(=C)CC[C@H]2C(C)(C)[C@H](OC(C)=O)CC[C@]12C)OC(C)=O. The van der Waals surface area contributed by atoms with Crippen molar-refractivity contribution in [3.63, 3.8) is 0 Å². The summed E-state index contributed by atoms with van der Waals surface area (Å²) in [6.45, 7) is 20.0. The molecule has 0 radical (unpaired) electrons. The van der Waals surface area contributed by atoms with Crippen LogP contribution in [0.1, 0.15) is 80.1 Å². The molecule has 2 rings (SSSR count). The summed E-state index contributed by atoms with van der Waals surface area (Å²) in [7, 11) is 0. The van der Waals surface area contributed by atoms with Gasteiger partial charge in [-0.2, -0.15) is 0 Å². The number of ether oxygens (including phenoxy) is 2. The molecule has 0 spiro atoms. The average Bonchev–Trinajstić information content (AvgIpc) is 2.56. The molecule has 5 atom stereocenters. The maximum atomic E-state index is 11.6. The lowest BCUT2D eigenvalue weighted by Crippen LogP contribution is -2.55. The molecule has 0 unspecified atom stereocenters. The molecule has 0 aliphatic heterocycles. The van der Waals surface area contributed by atoms with Crippen LogP contribution in [0.5, 0.6) is 0 Å². The zero-order valence-corrected chi connectivity index (χ0v) is 18.6. The van der Waals surface area contributed by atoms with Gasteiger partial charge in [-0.3, -0.25) is 9.59 Å². The Labute approximate surface area is 170 Å². The van der Waals surface area contributed by atoms with E-state index in [-0.39, 0.29) is 28.9 Å². The van der Waals surface area contributed by atoms with E-state index in [4.69, 9.17) is 9.47 Å². The van der Waals surface area contributed by atoms with Crippen LogP contribution >= 0.6 is 0 Å². The summed E-state index contributed by atoms with van der Waals surface area (Å²) in [5, 5.41) is 0. The molecule has 0 N–H and O–H groups in total. The number of allylic oxidation sites excluding steroid dienone is 1. The van der Waals surface area contributed by atoms with Gasteiger partial charge >= 0.3 is 11.9 Å². The molecule has 0 amide bonds. The van der Waals surface area contributed by atoms with Gasteiger partial charge in [0, 0.05) is 19.3 Å². The first-order chi connectivity index (χ1) is 12.9. The Hall–Kier alpha value is -1.58. The molecule has 28 heavy (non-hydrogen) atoms. The van der Waals surface area contributed by atoms with Gasteiger partial charge in [0.2, 0.25) is 0 Å². The molecule has 4 heteroatoms. The predicted octanol–water partition coefficient (Wildman–Crippen LogP) is 5.61. The van der Waals surface area contributed by atoms with Crippen molar-refractivity contribution in [2.45, 2.75) is 91.8 Å². The maximum Gasteiger partial charge on any atom is 0.303 e. The number of carbonyl (C=O) groups is 2. The largest absolute Gasteiger partial charge is 0.462 e. The highest BCUT2D eigenvalue weighted by Crippen LogP contribution is 2.62. The summed E-state index contributed by atoms with van der Waals surface area (Å²) in [4.78, 5) is 23.1. The number of hydrogen-bond donors (Lipinski definition) is 0. The fourth-order valence-corrected chi connectivity index (χ4v) is 6.05. The van der Waals surface area contributed by atoms with Crippen LogP contribution in [0.4, 0.5) is 0 Å². The molecule has 0 saturated heterocycles. The fourth-order valence-electron chi connectivity index (χ4n) is 6.05. The molecule has 158 valence electrons. The summed E-state index contributed by atoms with van der Waals surface area (Å²) in [6, 6.07) is 0. The molecule has 0 aromatic heterocycles. The molecule has 0 aromatic rings. The maximum absolute atomic E-state index is 11.6. The second kappa shape index (κ2) is 8.04. The lowest BCUT2D eigenvalue weighted by Gasteiger charge is -2.60. The zero-order chi connectivity index (χ0) is 21.3. The molecular weight excluding hydrogens is 352 g/mol. The van der Waals surface area contributed by atoms with E-state index in [1.807, 2.05) is 6.92 Å². The molecule has 2 fully saturated rings. The number of rotatable bonds is 6. The van der Waals surface area contributed by atoms with Crippen molar-refractivity contribution in [3.05, 3.63) is 24.8 Å². The predicted molar refractivity (Wildman–Crippen MR) is 112 cm³/mol. The highest BCUT2D eigenvalue weighted by atomic mass is 16.6. The van der Waals surface area contributed by atoms with Crippen LogP contribution in [0.3, 0.4) is 0 Å². The minimum Gasteiger partial charge on any atom is -0.462 e. The highest BCUT2D eigenvalue weighted by molar-refractivity contribution is 5.67. The van der Waals surface area contributed by atoms with Gasteiger partial charge in [-0.15, -0.1) is 0 Å². The summed E-state index contributed by atoms with van der Waals surface area (Å²) in [6.07, 6.45) is 7.33. The second-order valence-corrected chi connectivity index (χ2v) is 9.92. The Bertz CT molecular complexity index is 649. The number of hydrogen-bond acceptors (Lipinski definition) is 4. The lowest BCUT2D eigenvalue weighted by atomic mass is 9.46. The van der Waals surface area contributed by atoms with Gasteiger partial charge in [-0.25, -0.2) is 0 Å². The monoisotopic (exact) mass is 390 g/mol. The van der Waals surface area contributed by atoms with E-state index < -0.39 is 5.60 Å². The molecule has 2 saturated carbocycles. The first-order valence-electron chi connectivity index (χ1n) is 10.5. The van der Waals surface area contributed by atoms with Crippen molar-refractivity contribution in [2.24, 2.45) is 22.7 Å². The van der Waals surface area contributed by atoms with Crippen molar-refractivity contribution in [3.8, 4) is 0 Å². The van der Waals surface area contributed by atoms with E-state index in [9.17, 15) is 9.59 Å². The van der Waals surface area contributed by atoms with Crippen molar-refractivity contribution in [2.75, 3.05) is 0 Å². The van der Waals surface area contributed by atoms with E-state index in [1.54, 1.807) is 6.08 Å². The molecule has 0 heterocycles. The first-order valence-corrected chi connectivity index (χ1v) is 10.5. The standard InChI is InChI=1S/C24H38O4/c1-9-23(7,28-18(4)26)14-12-19-16(2)10-11-20-22(5,6)21(27-17(3)25)13-15-24(19,20)8/h9,19-21H,1-2,10-15H2,3-8H3/t19-,20-,21+,23+,24+/m0/s1. The van der Waals surface area contributed by atoms with Crippen molar-refractivity contribution in [1.29, 1.82) is 0 Å². The molecule has 0 aromatic carbocycles. The van der Waals surface area contributed by atoms with Gasteiger partial charge in [0.05, 0.1) is 0 Å². The van der Waals surface area contributed by atoms with Crippen LogP contribution in [0.2, 0.25) is 0 Å². The van der Waals surface area contributed by atoms with Crippen molar-refractivity contribution < 1.29 is 19.1 Å².